The Labute approximate surface area is 113 Å². The van der Waals surface area contributed by atoms with Gasteiger partial charge in [0, 0.05) is 24.9 Å². The van der Waals surface area contributed by atoms with Crippen molar-refractivity contribution in [3.05, 3.63) is 29.3 Å². The topological polar surface area (TPSA) is 54.9 Å². The molecule has 1 aromatic carbocycles. The Hall–Kier alpha value is -1.55. The predicted molar refractivity (Wildman–Crippen MR) is 72.5 cm³/mol. The number of hydrogen-bond donors (Lipinski definition) is 2. The number of piperidine rings is 1. The lowest BCUT2D eigenvalue weighted by Crippen LogP contribution is -2.86. The minimum absolute atomic E-state index is 0.0342. The second kappa shape index (κ2) is 5.21. The SMILES string of the molecule is CC1CNC(=O)c2ccc(OC3CC[NH2+]CC3)cc21. The highest BCUT2D eigenvalue weighted by Gasteiger charge is 2.23. The van der Waals surface area contributed by atoms with Crippen molar-refractivity contribution >= 4 is 5.91 Å². The number of fused-ring (bicyclic) bond motifs is 1. The Bertz CT molecular complexity index is 481. The maximum Gasteiger partial charge on any atom is 0.251 e. The molecule has 4 nitrogen and oxygen atoms in total. The monoisotopic (exact) mass is 261 g/mol. The van der Waals surface area contributed by atoms with Crippen LogP contribution < -0.4 is 15.4 Å². The number of rotatable bonds is 2. The van der Waals surface area contributed by atoms with E-state index < -0.39 is 0 Å². The molecule has 3 N–H and O–H groups in total. The number of quaternary nitrogens is 1. The Morgan fingerprint density at radius 3 is 2.89 bits per heavy atom. The minimum atomic E-state index is 0.0342. The molecular weight excluding hydrogens is 240 g/mol. The summed E-state index contributed by atoms with van der Waals surface area (Å²) in [6.07, 6.45) is 2.54. The van der Waals surface area contributed by atoms with Crippen LogP contribution in [0, 0.1) is 0 Å². The van der Waals surface area contributed by atoms with Gasteiger partial charge < -0.3 is 15.4 Å². The van der Waals surface area contributed by atoms with Crippen LogP contribution in [0.5, 0.6) is 5.75 Å². The molecule has 4 heteroatoms. The van der Waals surface area contributed by atoms with Crippen LogP contribution in [0.2, 0.25) is 0 Å². The summed E-state index contributed by atoms with van der Waals surface area (Å²) in [7, 11) is 0. The number of nitrogens with one attached hydrogen (secondary N) is 1. The van der Waals surface area contributed by atoms with Gasteiger partial charge in [-0.3, -0.25) is 4.79 Å². The van der Waals surface area contributed by atoms with Gasteiger partial charge >= 0.3 is 0 Å². The van der Waals surface area contributed by atoms with E-state index in [1.165, 1.54) is 0 Å². The van der Waals surface area contributed by atoms with Crippen LogP contribution in [0.15, 0.2) is 18.2 Å². The third-order valence-corrected chi connectivity index (χ3v) is 4.06. The fraction of sp³-hybridized carbons (Fsp3) is 0.533. The van der Waals surface area contributed by atoms with E-state index in [-0.39, 0.29) is 5.91 Å². The lowest BCUT2D eigenvalue weighted by atomic mass is 9.91. The van der Waals surface area contributed by atoms with Gasteiger partial charge in [0.05, 0.1) is 13.1 Å². The van der Waals surface area contributed by atoms with Crippen LogP contribution >= 0.6 is 0 Å². The van der Waals surface area contributed by atoms with Crippen LogP contribution in [0.3, 0.4) is 0 Å². The van der Waals surface area contributed by atoms with Gasteiger partial charge in [-0.25, -0.2) is 0 Å². The van der Waals surface area contributed by atoms with Crippen LogP contribution in [0.4, 0.5) is 0 Å². The largest absolute Gasteiger partial charge is 0.490 e. The average Bonchev–Trinajstić information content (AvgIpc) is 2.44. The van der Waals surface area contributed by atoms with E-state index in [0.717, 1.165) is 42.8 Å². The summed E-state index contributed by atoms with van der Waals surface area (Å²) >= 11 is 0. The smallest absolute Gasteiger partial charge is 0.251 e. The second-order valence-electron chi connectivity index (χ2n) is 5.54. The van der Waals surface area contributed by atoms with Gasteiger partial charge in [0.25, 0.3) is 5.91 Å². The molecular formula is C15H21N2O2+. The highest BCUT2D eigenvalue weighted by molar-refractivity contribution is 5.97. The van der Waals surface area contributed by atoms with E-state index in [0.29, 0.717) is 18.6 Å². The first-order valence-electron chi connectivity index (χ1n) is 7.14. The lowest BCUT2D eigenvalue weighted by Gasteiger charge is -2.25. The molecule has 0 spiro atoms. The molecule has 0 bridgehead atoms. The van der Waals surface area contributed by atoms with Gasteiger partial charge in [-0.2, -0.15) is 0 Å². The molecule has 2 aliphatic rings. The van der Waals surface area contributed by atoms with E-state index in [4.69, 9.17) is 4.74 Å². The summed E-state index contributed by atoms with van der Waals surface area (Å²) in [6.45, 7) is 5.15. The molecule has 2 heterocycles. The third-order valence-electron chi connectivity index (χ3n) is 4.06. The number of nitrogens with two attached hydrogens (primary N) is 1. The van der Waals surface area contributed by atoms with Gasteiger partial charge in [0.1, 0.15) is 11.9 Å². The zero-order chi connectivity index (χ0) is 13.2. The Balaban J connectivity index is 1.80. The lowest BCUT2D eigenvalue weighted by molar-refractivity contribution is -0.664. The third kappa shape index (κ3) is 2.59. The molecule has 0 saturated carbocycles. The summed E-state index contributed by atoms with van der Waals surface area (Å²) in [5.74, 6) is 1.30. The summed E-state index contributed by atoms with van der Waals surface area (Å²) in [6, 6.07) is 5.87. The Kier molecular flexibility index (Phi) is 3.42. The first kappa shape index (κ1) is 12.5. The average molecular weight is 261 g/mol. The molecule has 1 saturated heterocycles. The minimum Gasteiger partial charge on any atom is -0.490 e. The van der Waals surface area contributed by atoms with Crippen molar-refractivity contribution < 1.29 is 14.8 Å². The number of benzene rings is 1. The van der Waals surface area contributed by atoms with Crippen molar-refractivity contribution in [3.8, 4) is 5.75 Å². The van der Waals surface area contributed by atoms with Crippen molar-refractivity contribution in [2.24, 2.45) is 0 Å². The molecule has 0 radical (unpaired) electrons. The van der Waals surface area contributed by atoms with Gasteiger partial charge in [-0.1, -0.05) is 6.92 Å². The summed E-state index contributed by atoms with van der Waals surface area (Å²) in [5.41, 5.74) is 1.91. The Morgan fingerprint density at radius 1 is 1.32 bits per heavy atom. The maximum atomic E-state index is 11.8. The van der Waals surface area contributed by atoms with Crippen molar-refractivity contribution in [2.45, 2.75) is 31.8 Å². The molecule has 102 valence electrons. The van der Waals surface area contributed by atoms with E-state index in [9.17, 15) is 4.79 Å². The quantitative estimate of drug-likeness (QED) is 0.821. The summed E-state index contributed by atoms with van der Waals surface area (Å²) in [5, 5.41) is 5.24. The number of amides is 1. The number of carbonyl (C=O) groups excluding carboxylic acids is 1. The van der Waals surface area contributed by atoms with Crippen LogP contribution in [0.1, 0.15) is 41.6 Å². The molecule has 3 rings (SSSR count). The molecule has 1 fully saturated rings. The first-order valence-corrected chi connectivity index (χ1v) is 7.14. The fourth-order valence-corrected chi connectivity index (χ4v) is 2.89. The predicted octanol–water partition coefficient (Wildman–Crippen LogP) is 0.638. The summed E-state index contributed by atoms with van der Waals surface area (Å²) < 4.78 is 6.05. The van der Waals surface area contributed by atoms with Crippen molar-refractivity contribution in [3.63, 3.8) is 0 Å². The van der Waals surface area contributed by atoms with Crippen molar-refractivity contribution in [2.75, 3.05) is 19.6 Å². The van der Waals surface area contributed by atoms with Gasteiger partial charge in [0.2, 0.25) is 0 Å². The number of ether oxygens (including phenoxy) is 1. The molecule has 1 amide bonds. The number of hydrogen-bond acceptors (Lipinski definition) is 2. The van der Waals surface area contributed by atoms with Crippen LogP contribution in [-0.2, 0) is 0 Å². The molecule has 0 aromatic heterocycles. The van der Waals surface area contributed by atoms with Gasteiger partial charge in [-0.15, -0.1) is 0 Å². The Morgan fingerprint density at radius 2 is 2.11 bits per heavy atom. The zero-order valence-corrected chi connectivity index (χ0v) is 11.3. The van der Waals surface area contributed by atoms with E-state index in [1.807, 2.05) is 12.1 Å². The highest BCUT2D eigenvalue weighted by atomic mass is 16.5. The first-order chi connectivity index (χ1) is 9.24. The van der Waals surface area contributed by atoms with Gasteiger partial charge in [-0.05, 0) is 29.7 Å². The van der Waals surface area contributed by atoms with Gasteiger partial charge in [0.15, 0.2) is 0 Å². The fourth-order valence-electron chi connectivity index (χ4n) is 2.89. The van der Waals surface area contributed by atoms with Crippen molar-refractivity contribution in [1.82, 2.24) is 5.32 Å². The normalized spacial score (nSPS) is 23.6. The summed E-state index contributed by atoms with van der Waals surface area (Å²) in [4.78, 5) is 11.8. The molecule has 1 unspecified atom stereocenters. The second-order valence-corrected chi connectivity index (χ2v) is 5.54. The molecule has 1 aromatic rings. The molecule has 0 aliphatic carbocycles. The van der Waals surface area contributed by atoms with E-state index >= 15 is 0 Å². The van der Waals surface area contributed by atoms with E-state index in [2.05, 4.69) is 23.6 Å². The standard InChI is InChI=1S/C15H20N2O2/c1-10-9-17-15(18)13-3-2-12(8-14(10)13)19-11-4-6-16-7-5-11/h2-3,8,10-11,16H,4-7,9H2,1H3,(H,17,18)/p+1. The van der Waals surface area contributed by atoms with Crippen LogP contribution in [-0.4, -0.2) is 31.6 Å². The number of carbonyl (C=O) groups is 1. The molecule has 2 aliphatic heterocycles. The highest BCUT2D eigenvalue weighted by Crippen LogP contribution is 2.28. The molecule has 19 heavy (non-hydrogen) atoms. The zero-order valence-electron chi connectivity index (χ0n) is 11.3. The maximum absolute atomic E-state index is 11.8. The van der Waals surface area contributed by atoms with Crippen LogP contribution in [0.25, 0.3) is 0 Å². The molecule has 1 atom stereocenters. The van der Waals surface area contributed by atoms with E-state index in [1.54, 1.807) is 0 Å². The van der Waals surface area contributed by atoms with Crippen molar-refractivity contribution in [1.29, 1.82) is 0 Å².